The summed E-state index contributed by atoms with van der Waals surface area (Å²) >= 11 is 0. The Morgan fingerprint density at radius 1 is 1.40 bits per heavy atom. The van der Waals surface area contributed by atoms with Gasteiger partial charge in [-0.25, -0.2) is 0 Å². The number of benzene rings is 1. The third-order valence-electron chi connectivity index (χ3n) is 2.49. The molecule has 0 atom stereocenters. The van der Waals surface area contributed by atoms with E-state index in [1.807, 2.05) is 19.1 Å². The molecule has 0 spiro atoms. The molecular formula is C12H18N2O. The minimum Gasteiger partial charge on any atom is -0.496 e. The summed E-state index contributed by atoms with van der Waals surface area (Å²) in [5, 5.41) is 7.48. The van der Waals surface area contributed by atoms with E-state index in [1.165, 1.54) is 0 Å². The summed E-state index contributed by atoms with van der Waals surface area (Å²) in [6.45, 7) is 6.12. The highest BCUT2D eigenvalue weighted by Crippen LogP contribution is 2.29. The van der Waals surface area contributed by atoms with Crippen LogP contribution in [-0.2, 0) is 0 Å². The maximum absolute atomic E-state index is 7.48. The summed E-state index contributed by atoms with van der Waals surface area (Å²) in [4.78, 5) is 0. The third kappa shape index (κ3) is 2.29. The molecule has 0 aromatic heterocycles. The van der Waals surface area contributed by atoms with Crippen LogP contribution in [0.15, 0.2) is 12.1 Å². The summed E-state index contributed by atoms with van der Waals surface area (Å²) < 4.78 is 5.31. The molecule has 15 heavy (non-hydrogen) atoms. The van der Waals surface area contributed by atoms with E-state index in [9.17, 15) is 0 Å². The van der Waals surface area contributed by atoms with Crippen molar-refractivity contribution in [2.24, 2.45) is 5.73 Å². The lowest BCUT2D eigenvalue weighted by atomic mass is 9.96. The molecule has 0 amide bonds. The van der Waals surface area contributed by atoms with E-state index in [4.69, 9.17) is 15.9 Å². The molecular weight excluding hydrogens is 188 g/mol. The Bertz CT molecular complexity index is 383. The molecule has 0 saturated heterocycles. The number of amidine groups is 1. The minimum absolute atomic E-state index is 0.108. The summed E-state index contributed by atoms with van der Waals surface area (Å²) in [6, 6.07) is 3.88. The zero-order valence-corrected chi connectivity index (χ0v) is 9.72. The molecule has 0 bridgehead atoms. The van der Waals surface area contributed by atoms with Gasteiger partial charge in [0.05, 0.1) is 7.11 Å². The Kier molecular flexibility index (Phi) is 3.35. The van der Waals surface area contributed by atoms with Gasteiger partial charge in [-0.15, -0.1) is 0 Å². The van der Waals surface area contributed by atoms with Gasteiger partial charge in [0, 0.05) is 5.56 Å². The number of hydrogen-bond donors (Lipinski definition) is 2. The fourth-order valence-corrected chi connectivity index (χ4v) is 1.62. The summed E-state index contributed by atoms with van der Waals surface area (Å²) in [6.07, 6.45) is 0. The van der Waals surface area contributed by atoms with E-state index in [0.717, 1.165) is 22.4 Å². The number of methoxy groups -OCH3 is 1. The molecule has 0 heterocycles. The van der Waals surface area contributed by atoms with Crippen LogP contribution in [0.25, 0.3) is 0 Å². The number of hydrogen-bond acceptors (Lipinski definition) is 2. The van der Waals surface area contributed by atoms with Gasteiger partial charge in [-0.1, -0.05) is 13.8 Å². The number of nitrogens with one attached hydrogen (secondary N) is 1. The quantitative estimate of drug-likeness (QED) is 0.589. The summed E-state index contributed by atoms with van der Waals surface area (Å²) in [5.74, 6) is 1.34. The van der Waals surface area contributed by atoms with Crippen LogP contribution in [0.3, 0.4) is 0 Å². The van der Waals surface area contributed by atoms with Crippen molar-refractivity contribution in [3.05, 3.63) is 28.8 Å². The number of rotatable bonds is 3. The lowest BCUT2D eigenvalue weighted by Gasteiger charge is -2.15. The van der Waals surface area contributed by atoms with Crippen LogP contribution in [0.5, 0.6) is 5.75 Å². The smallest absolute Gasteiger partial charge is 0.123 e. The molecule has 82 valence electrons. The lowest BCUT2D eigenvalue weighted by Crippen LogP contribution is -2.13. The number of aryl methyl sites for hydroxylation is 1. The highest BCUT2D eigenvalue weighted by Gasteiger charge is 2.12. The van der Waals surface area contributed by atoms with E-state index in [1.54, 1.807) is 7.11 Å². The molecule has 1 aromatic rings. The number of nitrogen functional groups attached to an aromatic ring is 1. The Labute approximate surface area is 90.8 Å². The predicted octanol–water partition coefficient (Wildman–Crippen LogP) is 2.41. The van der Waals surface area contributed by atoms with Gasteiger partial charge < -0.3 is 10.5 Å². The Hall–Kier alpha value is -1.51. The van der Waals surface area contributed by atoms with Crippen molar-refractivity contribution in [3.8, 4) is 5.75 Å². The van der Waals surface area contributed by atoms with Gasteiger partial charge in [0.2, 0.25) is 0 Å². The van der Waals surface area contributed by atoms with Crippen molar-refractivity contribution in [1.29, 1.82) is 5.41 Å². The maximum Gasteiger partial charge on any atom is 0.123 e. The van der Waals surface area contributed by atoms with Crippen molar-refractivity contribution < 1.29 is 4.74 Å². The topological polar surface area (TPSA) is 59.1 Å². The Balaban J connectivity index is 3.37. The zero-order chi connectivity index (χ0) is 11.6. The molecule has 0 aliphatic rings. The summed E-state index contributed by atoms with van der Waals surface area (Å²) in [7, 11) is 1.66. The second kappa shape index (κ2) is 4.34. The summed E-state index contributed by atoms with van der Waals surface area (Å²) in [5.41, 5.74) is 8.38. The highest BCUT2D eigenvalue weighted by molar-refractivity contribution is 5.96. The predicted molar refractivity (Wildman–Crippen MR) is 62.8 cm³/mol. The molecule has 0 fully saturated rings. The van der Waals surface area contributed by atoms with Crippen LogP contribution in [0.2, 0.25) is 0 Å². The molecule has 0 radical (unpaired) electrons. The van der Waals surface area contributed by atoms with Crippen molar-refractivity contribution >= 4 is 5.84 Å². The molecule has 3 heteroatoms. The second-order valence-electron chi connectivity index (χ2n) is 3.98. The first-order valence-corrected chi connectivity index (χ1v) is 5.00. The number of ether oxygens (including phenoxy) is 1. The Morgan fingerprint density at radius 3 is 2.40 bits per heavy atom. The molecule has 0 aliphatic heterocycles. The van der Waals surface area contributed by atoms with E-state index in [2.05, 4.69) is 13.8 Å². The zero-order valence-electron chi connectivity index (χ0n) is 9.72. The van der Waals surface area contributed by atoms with Gasteiger partial charge in [0.1, 0.15) is 11.6 Å². The molecule has 1 aromatic carbocycles. The average Bonchev–Trinajstić information content (AvgIpc) is 2.16. The van der Waals surface area contributed by atoms with Crippen LogP contribution in [-0.4, -0.2) is 12.9 Å². The largest absolute Gasteiger partial charge is 0.496 e. The van der Waals surface area contributed by atoms with Crippen molar-refractivity contribution in [1.82, 2.24) is 0 Å². The van der Waals surface area contributed by atoms with Crippen molar-refractivity contribution in [2.75, 3.05) is 7.11 Å². The first kappa shape index (κ1) is 11.6. The molecule has 0 saturated carbocycles. The van der Waals surface area contributed by atoms with Crippen LogP contribution < -0.4 is 10.5 Å². The standard InChI is InChI=1S/C12H18N2O/c1-7(2)9-6-10(12(13)14)8(3)5-11(9)15-4/h5-7H,1-4H3,(H3,13,14). The van der Waals surface area contributed by atoms with Crippen LogP contribution in [0.4, 0.5) is 0 Å². The average molecular weight is 206 g/mol. The van der Waals surface area contributed by atoms with E-state index in [-0.39, 0.29) is 5.84 Å². The number of nitrogens with two attached hydrogens (primary N) is 1. The fourth-order valence-electron chi connectivity index (χ4n) is 1.62. The van der Waals surface area contributed by atoms with Gasteiger partial charge in [0.15, 0.2) is 0 Å². The van der Waals surface area contributed by atoms with Gasteiger partial charge in [-0.3, -0.25) is 5.41 Å². The van der Waals surface area contributed by atoms with Crippen molar-refractivity contribution in [2.45, 2.75) is 26.7 Å². The second-order valence-corrected chi connectivity index (χ2v) is 3.98. The van der Waals surface area contributed by atoms with Gasteiger partial charge >= 0.3 is 0 Å². The van der Waals surface area contributed by atoms with E-state index in [0.29, 0.717) is 5.92 Å². The molecule has 0 unspecified atom stereocenters. The monoisotopic (exact) mass is 206 g/mol. The third-order valence-corrected chi connectivity index (χ3v) is 2.49. The first-order chi connectivity index (χ1) is 6.97. The van der Waals surface area contributed by atoms with Gasteiger partial charge in [0.25, 0.3) is 0 Å². The molecule has 1 rings (SSSR count). The van der Waals surface area contributed by atoms with Crippen molar-refractivity contribution in [3.63, 3.8) is 0 Å². The van der Waals surface area contributed by atoms with Crippen LogP contribution in [0.1, 0.15) is 36.5 Å². The van der Waals surface area contributed by atoms with E-state index >= 15 is 0 Å². The first-order valence-electron chi connectivity index (χ1n) is 5.00. The van der Waals surface area contributed by atoms with Gasteiger partial charge in [-0.2, -0.15) is 0 Å². The lowest BCUT2D eigenvalue weighted by molar-refractivity contribution is 0.407. The van der Waals surface area contributed by atoms with Crippen LogP contribution >= 0.6 is 0 Å². The highest BCUT2D eigenvalue weighted by atomic mass is 16.5. The molecule has 0 aliphatic carbocycles. The maximum atomic E-state index is 7.48. The van der Waals surface area contributed by atoms with E-state index < -0.39 is 0 Å². The normalized spacial score (nSPS) is 10.5. The molecule has 3 nitrogen and oxygen atoms in total. The Morgan fingerprint density at radius 2 is 2.00 bits per heavy atom. The molecule has 3 N–H and O–H groups in total. The van der Waals surface area contributed by atoms with Crippen LogP contribution in [0, 0.1) is 12.3 Å². The SMILES string of the molecule is COc1cc(C)c(C(=N)N)cc1C(C)C. The fraction of sp³-hybridized carbons (Fsp3) is 0.417. The minimum atomic E-state index is 0.108. The van der Waals surface area contributed by atoms with Gasteiger partial charge in [-0.05, 0) is 36.1 Å².